The van der Waals surface area contributed by atoms with Crippen molar-refractivity contribution in [1.82, 2.24) is 4.98 Å². The van der Waals surface area contributed by atoms with Crippen molar-refractivity contribution in [3.8, 4) is 0 Å². The van der Waals surface area contributed by atoms with Gasteiger partial charge in [-0.3, -0.25) is 14.0 Å². The van der Waals surface area contributed by atoms with E-state index in [0.717, 1.165) is 29.7 Å². The highest BCUT2D eigenvalue weighted by Gasteiger charge is 2.49. The number of carbonyl (C=O) groups excluding carboxylic acids is 1. The maximum atomic E-state index is 14.1. The number of aromatic nitrogens is 1. The molecular weight excluding hydrogens is 581 g/mol. The van der Waals surface area contributed by atoms with E-state index in [-0.39, 0.29) is 41.2 Å². The number of hydrogen-bond acceptors (Lipinski definition) is 7. The van der Waals surface area contributed by atoms with Crippen molar-refractivity contribution in [2.24, 2.45) is 22.4 Å². The lowest BCUT2D eigenvalue weighted by Crippen LogP contribution is -2.36. The summed E-state index contributed by atoms with van der Waals surface area (Å²) in [5, 5.41) is 5.10. The smallest absolute Gasteiger partial charge is 0.333 e. The Morgan fingerprint density at radius 2 is 1.84 bits per heavy atom. The van der Waals surface area contributed by atoms with Gasteiger partial charge in [0.15, 0.2) is 0 Å². The molecule has 2 aliphatic rings. The van der Waals surface area contributed by atoms with Crippen molar-refractivity contribution in [2.45, 2.75) is 85.2 Å². The highest BCUT2D eigenvalue weighted by Crippen LogP contribution is 2.50. The van der Waals surface area contributed by atoms with Crippen molar-refractivity contribution < 1.29 is 22.1 Å². The third-order valence-corrected chi connectivity index (χ3v) is 11.8. The number of carbonyl (C=O) groups is 1. The number of fused-ring (bicyclic) bond motifs is 1. The van der Waals surface area contributed by atoms with Gasteiger partial charge in [0.05, 0.1) is 17.6 Å². The minimum absolute atomic E-state index is 0.00428. The molecule has 2 heterocycles. The topological polar surface area (TPSA) is 109 Å². The summed E-state index contributed by atoms with van der Waals surface area (Å²) in [6.45, 7) is 13.1. The van der Waals surface area contributed by atoms with Crippen LogP contribution < -0.4 is 5.14 Å². The Hall–Kier alpha value is -2.43. The minimum Gasteiger partial charge on any atom is -0.381 e. The lowest BCUT2D eigenvalue weighted by molar-refractivity contribution is -0.0190. The quantitative estimate of drug-likeness (QED) is 0.277. The van der Waals surface area contributed by atoms with Crippen molar-refractivity contribution in [2.75, 3.05) is 13.7 Å². The molecule has 1 saturated carbocycles. The zero-order chi connectivity index (χ0) is 31.3. The summed E-state index contributed by atoms with van der Waals surface area (Å²) in [4.78, 5) is 20.4. The molecule has 7 nitrogen and oxygen atoms in total. The number of ether oxygens (including phenoxy) is 1. The molecule has 2 aliphatic carbocycles. The van der Waals surface area contributed by atoms with Crippen LogP contribution in [0, 0.1) is 38.0 Å². The number of thiophene rings is 1. The van der Waals surface area contributed by atoms with E-state index in [1.807, 2.05) is 6.07 Å². The zero-order valence-electron chi connectivity index (χ0n) is 26.3. The first-order valence-corrected chi connectivity index (χ1v) is 17.3. The number of aryl methyl sites for hydroxylation is 4. The zero-order valence-corrected chi connectivity index (χ0v) is 28.0. The molecule has 3 aromatic rings. The number of benzene rings is 1. The van der Waals surface area contributed by atoms with Gasteiger partial charge in [-0.05, 0) is 110 Å². The number of hydrogen-bond donors (Lipinski definition) is 1. The molecule has 0 bridgehead atoms. The number of methoxy groups -OCH3 is 1. The first kappa shape index (κ1) is 32.0. The summed E-state index contributed by atoms with van der Waals surface area (Å²) in [6.07, 6.45) is 7.82. The molecule has 0 saturated heterocycles. The van der Waals surface area contributed by atoms with E-state index in [1.165, 1.54) is 32.7 Å². The SMILES string of the molecule is CO[C@@H]1C(COS(N)(=O)=O)C[C@@H](Cc2ccncc2C(=O)c2cc(C3(C)CCCc4cc(C)c(C)cc43)c(C)s2)C1(C)C. The Kier molecular flexibility index (Phi) is 8.79. The molecule has 0 amide bonds. The van der Waals surface area contributed by atoms with E-state index >= 15 is 0 Å². The number of nitrogens with zero attached hydrogens (tertiary/aromatic N) is 1. The Balaban J connectivity index is 1.44. The molecule has 5 rings (SSSR count). The van der Waals surface area contributed by atoms with Crippen LogP contribution in [0.2, 0.25) is 0 Å². The van der Waals surface area contributed by atoms with Gasteiger partial charge in [-0.1, -0.05) is 32.9 Å². The summed E-state index contributed by atoms with van der Waals surface area (Å²) in [6, 6.07) is 8.77. The second kappa shape index (κ2) is 11.8. The Labute approximate surface area is 260 Å². The van der Waals surface area contributed by atoms with Gasteiger partial charge in [0, 0.05) is 41.3 Å². The van der Waals surface area contributed by atoms with Crippen molar-refractivity contribution in [1.29, 1.82) is 0 Å². The molecule has 0 spiro atoms. The number of rotatable bonds is 9. The summed E-state index contributed by atoms with van der Waals surface area (Å²) >= 11 is 1.57. The van der Waals surface area contributed by atoms with Gasteiger partial charge >= 0.3 is 10.3 Å². The second-order valence-electron chi connectivity index (χ2n) is 13.4. The molecule has 2 unspecified atom stereocenters. The third kappa shape index (κ3) is 6.12. The standard InChI is InChI=1S/C34H44N2O5S2/c1-20-13-24-9-8-11-34(6,29(24)14-21(20)2)28-17-30(42-22(28)3)31(37)27-18-36-12-10-23(27)15-26-16-25(19-41-43(35,38)39)32(40-7)33(26,4)5/h10,12-14,17-18,25-26,32H,8-9,11,15-16,19H2,1-7H3,(H2,35,38,39)/t25?,26-,32-,34?/m1/s1. The van der Waals surface area contributed by atoms with E-state index in [1.54, 1.807) is 30.8 Å². The molecule has 9 heteroatoms. The summed E-state index contributed by atoms with van der Waals surface area (Å²) in [5.74, 6) is -0.0146. The van der Waals surface area contributed by atoms with E-state index in [4.69, 9.17) is 14.1 Å². The molecule has 2 aromatic heterocycles. The van der Waals surface area contributed by atoms with Gasteiger partial charge in [-0.25, -0.2) is 5.14 Å². The number of ketones is 1. The predicted molar refractivity (Wildman–Crippen MR) is 171 cm³/mol. The molecule has 1 aromatic carbocycles. The monoisotopic (exact) mass is 624 g/mol. The molecule has 43 heavy (non-hydrogen) atoms. The number of pyridine rings is 1. The molecule has 0 radical (unpaired) electrons. The van der Waals surface area contributed by atoms with E-state index in [0.29, 0.717) is 18.4 Å². The summed E-state index contributed by atoms with van der Waals surface area (Å²) in [5.41, 5.74) is 7.83. The van der Waals surface area contributed by atoms with Gasteiger partial charge in [0.1, 0.15) is 0 Å². The fourth-order valence-electron chi connectivity index (χ4n) is 7.80. The average Bonchev–Trinajstić information content (AvgIpc) is 3.44. The summed E-state index contributed by atoms with van der Waals surface area (Å²) < 4.78 is 33.8. The molecular formula is C34H44N2O5S2. The van der Waals surface area contributed by atoms with Crippen LogP contribution in [0.3, 0.4) is 0 Å². The minimum atomic E-state index is -4.05. The molecule has 232 valence electrons. The van der Waals surface area contributed by atoms with Crippen molar-refractivity contribution in [3.05, 3.63) is 85.4 Å². The maximum Gasteiger partial charge on any atom is 0.333 e. The van der Waals surface area contributed by atoms with Crippen LogP contribution in [-0.4, -0.2) is 39.0 Å². The van der Waals surface area contributed by atoms with Gasteiger partial charge in [0.25, 0.3) is 0 Å². The fourth-order valence-corrected chi connectivity index (χ4v) is 9.27. The summed E-state index contributed by atoms with van der Waals surface area (Å²) in [7, 11) is -2.40. The predicted octanol–water partition coefficient (Wildman–Crippen LogP) is 6.38. The van der Waals surface area contributed by atoms with Crippen LogP contribution in [0.15, 0.2) is 36.7 Å². The van der Waals surface area contributed by atoms with Crippen LogP contribution in [0.4, 0.5) is 0 Å². The van der Waals surface area contributed by atoms with Gasteiger partial charge in [0.2, 0.25) is 5.78 Å². The fraction of sp³-hybridized carbons (Fsp3) is 0.529. The van der Waals surface area contributed by atoms with Crippen molar-refractivity contribution >= 4 is 27.4 Å². The molecule has 2 N–H and O–H groups in total. The number of nitrogens with two attached hydrogens (primary N) is 1. The molecule has 4 atom stereocenters. The highest BCUT2D eigenvalue weighted by atomic mass is 32.2. The first-order chi connectivity index (χ1) is 20.2. The van der Waals surface area contributed by atoms with Gasteiger partial charge < -0.3 is 4.74 Å². The van der Waals surface area contributed by atoms with Crippen LogP contribution in [0.5, 0.6) is 0 Å². The second-order valence-corrected chi connectivity index (χ2v) is 15.9. The van der Waals surface area contributed by atoms with E-state index in [9.17, 15) is 13.2 Å². The third-order valence-electron chi connectivity index (χ3n) is 10.3. The van der Waals surface area contributed by atoms with E-state index < -0.39 is 10.3 Å². The van der Waals surface area contributed by atoms with Crippen molar-refractivity contribution in [3.63, 3.8) is 0 Å². The largest absolute Gasteiger partial charge is 0.381 e. The lowest BCUT2D eigenvalue weighted by Gasteiger charge is -2.37. The van der Waals surface area contributed by atoms with Gasteiger partial charge in [-0.2, -0.15) is 8.42 Å². The molecule has 1 fully saturated rings. The maximum absolute atomic E-state index is 14.1. The van der Waals surface area contributed by atoms with Gasteiger partial charge in [-0.15, -0.1) is 11.3 Å². The van der Waals surface area contributed by atoms with E-state index in [2.05, 4.69) is 64.7 Å². The first-order valence-electron chi connectivity index (χ1n) is 15.0. The van der Waals surface area contributed by atoms with Crippen LogP contribution in [0.1, 0.15) is 93.5 Å². The lowest BCUT2D eigenvalue weighted by atomic mass is 9.66. The van der Waals surface area contributed by atoms with Crippen LogP contribution in [-0.2, 0) is 37.5 Å². The molecule has 0 aliphatic heterocycles. The van der Waals surface area contributed by atoms with Crippen LogP contribution in [0.25, 0.3) is 0 Å². The Bertz CT molecular complexity index is 1640. The Morgan fingerprint density at radius 3 is 2.53 bits per heavy atom. The Morgan fingerprint density at radius 1 is 1.12 bits per heavy atom. The average molecular weight is 625 g/mol. The highest BCUT2D eigenvalue weighted by molar-refractivity contribution is 7.84. The van der Waals surface area contributed by atoms with Crippen LogP contribution >= 0.6 is 11.3 Å². The normalized spacial score (nSPS) is 25.1.